The molecule has 0 bridgehead atoms. The van der Waals surface area contributed by atoms with Gasteiger partial charge in [-0.2, -0.15) is 4.98 Å². The van der Waals surface area contributed by atoms with Gasteiger partial charge in [0.2, 0.25) is 11.9 Å². The highest BCUT2D eigenvalue weighted by molar-refractivity contribution is 7.96. The highest BCUT2D eigenvalue weighted by Gasteiger charge is 2.61. The monoisotopic (exact) mass is 522 g/mol. The molecule has 36 heavy (non-hydrogen) atoms. The van der Waals surface area contributed by atoms with Crippen LogP contribution in [0.2, 0.25) is 5.02 Å². The van der Waals surface area contributed by atoms with Crippen molar-refractivity contribution in [1.29, 1.82) is 0 Å². The van der Waals surface area contributed by atoms with Crippen LogP contribution in [0.15, 0.2) is 35.9 Å². The number of halogens is 1. The molecule has 186 valence electrons. The quantitative estimate of drug-likeness (QED) is 0.435. The first-order chi connectivity index (χ1) is 17.6. The SMILES string of the molecule is O=C1N(c2cc3c(cc2Cl)CNCC3)c2nc(NC3CCN(Sc4ncc[nH]4)CC3)ncc2C12CC2. The number of aromatic nitrogens is 4. The molecule has 0 unspecified atom stereocenters. The lowest BCUT2D eigenvalue weighted by Crippen LogP contribution is -2.36. The van der Waals surface area contributed by atoms with Crippen LogP contribution in [0.25, 0.3) is 0 Å². The second-order valence-electron chi connectivity index (χ2n) is 9.99. The van der Waals surface area contributed by atoms with Gasteiger partial charge in [0.05, 0.1) is 16.1 Å². The Kier molecular flexibility index (Phi) is 5.46. The summed E-state index contributed by atoms with van der Waals surface area (Å²) in [6.07, 6.45) is 10.0. The Bertz CT molecular complexity index is 1320. The number of nitrogens with one attached hydrogen (secondary N) is 3. The number of aromatic amines is 1. The van der Waals surface area contributed by atoms with Crippen molar-refractivity contribution in [2.45, 2.75) is 55.3 Å². The van der Waals surface area contributed by atoms with Crippen molar-refractivity contribution in [2.75, 3.05) is 29.9 Å². The number of rotatable bonds is 5. The lowest BCUT2D eigenvalue weighted by Gasteiger charge is -2.30. The molecule has 1 amide bonds. The van der Waals surface area contributed by atoms with Gasteiger partial charge in [0.15, 0.2) is 5.16 Å². The molecule has 11 heteroatoms. The number of amides is 1. The fourth-order valence-electron chi connectivity index (χ4n) is 5.57. The van der Waals surface area contributed by atoms with Crippen LogP contribution >= 0.6 is 23.5 Å². The van der Waals surface area contributed by atoms with Gasteiger partial charge in [-0.15, -0.1) is 0 Å². The highest BCUT2D eigenvalue weighted by atomic mass is 35.5. The molecule has 0 atom stereocenters. The molecule has 1 saturated carbocycles. The summed E-state index contributed by atoms with van der Waals surface area (Å²) >= 11 is 8.41. The van der Waals surface area contributed by atoms with Crippen LogP contribution in [0, 0.1) is 0 Å². The largest absolute Gasteiger partial charge is 0.351 e. The van der Waals surface area contributed by atoms with Crippen molar-refractivity contribution in [3.63, 3.8) is 0 Å². The maximum absolute atomic E-state index is 13.7. The highest BCUT2D eigenvalue weighted by Crippen LogP contribution is 2.59. The number of carbonyl (C=O) groups excluding carboxylic acids is 1. The first-order valence-corrected chi connectivity index (χ1v) is 13.7. The van der Waals surface area contributed by atoms with Crippen molar-refractivity contribution >= 4 is 46.9 Å². The number of carbonyl (C=O) groups is 1. The molecule has 2 aromatic heterocycles. The Labute approximate surface area is 218 Å². The Balaban J connectivity index is 1.13. The number of fused-ring (bicyclic) bond motifs is 3. The third kappa shape index (κ3) is 3.78. The Morgan fingerprint density at radius 1 is 1.17 bits per heavy atom. The van der Waals surface area contributed by atoms with Gasteiger partial charge in [-0.3, -0.25) is 9.69 Å². The van der Waals surface area contributed by atoms with Crippen LogP contribution < -0.4 is 15.5 Å². The van der Waals surface area contributed by atoms with E-state index in [9.17, 15) is 4.79 Å². The Morgan fingerprint density at radius 3 is 2.81 bits per heavy atom. The third-order valence-corrected chi connectivity index (χ3v) is 9.05. The van der Waals surface area contributed by atoms with Crippen LogP contribution in [-0.2, 0) is 23.2 Å². The average Bonchev–Trinajstić information content (AvgIpc) is 3.47. The van der Waals surface area contributed by atoms with Crippen molar-refractivity contribution in [2.24, 2.45) is 0 Å². The summed E-state index contributed by atoms with van der Waals surface area (Å²) in [5.74, 6) is 1.32. The molecule has 1 aromatic carbocycles. The Hall–Kier alpha value is -2.66. The minimum absolute atomic E-state index is 0.0722. The molecule has 1 spiro atoms. The molecule has 3 aliphatic heterocycles. The smallest absolute Gasteiger partial charge is 0.243 e. The second-order valence-corrected chi connectivity index (χ2v) is 11.5. The molecule has 0 radical (unpaired) electrons. The topological polar surface area (TPSA) is 102 Å². The number of anilines is 3. The van der Waals surface area contributed by atoms with E-state index in [1.807, 2.05) is 18.5 Å². The van der Waals surface area contributed by atoms with E-state index in [-0.39, 0.29) is 11.9 Å². The van der Waals surface area contributed by atoms with E-state index in [1.165, 1.54) is 11.1 Å². The zero-order chi connectivity index (χ0) is 24.3. The van der Waals surface area contributed by atoms with Gasteiger partial charge in [-0.1, -0.05) is 11.6 Å². The summed E-state index contributed by atoms with van der Waals surface area (Å²) in [4.78, 5) is 32.4. The molecule has 3 aromatic rings. The lowest BCUT2D eigenvalue weighted by atomic mass is 9.99. The predicted octanol–water partition coefficient (Wildman–Crippen LogP) is 3.79. The minimum atomic E-state index is -0.483. The van der Waals surface area contributed by atoms with Crippen LogP contribution in [0.5, 0.6) is 0 Å². The van der Waals surface area contributed by atoms with Crippen molar-refractivity contribution in [3.8, 4) is 0 Å². The van der Waals surface area contributed by atoms with Gasteiger partial charge in [-0.05, 0) is 73.9 Å². The van der Waals surface area contributed by atoms with Crippen molar-refractivity contribution < 1.29 is 4.79 Å². The van der Waals surface area contributed by atoms with E-state index >= 15 is 0 Å². The summed E-state index contributed by atoms with van der Waals surface area (Å²) in [6.45, 7) is 3.62. The zero-order valence-electron chi connectivity index (χ0n) is 19.8. The van der Waals surface area contributed by atoms with Crippen LogP contribution in [0.1, 0.15) is 42.4 Å². The van der Waals surface area contributed by atoms with Crippen LogP contribution in [0.3, 0.4) is 0 Å². The fourth-order valence-corrected chi connectivity index (χ4v) is 6.70. The van der Waals surface area contributed by atoms with E-state index in [2.05, 4.69) is 36.0 Å². The number of piperidine rings is 1. The standard InChI is InChI=1S/C25H27ClN8OS/c26-19-11-16-13-27-6-1-15(16)12-20(19)34-21-18(25(4-5-25)22(34)35)14-30-23(32-21)31-17-2-9-33(10-3-17)36-24-28-7-8-29-24/h7-8,11-12,14,17,27H,1-6,9-10,13H2,(H,28,29)(H,30,31,32). The number of imidazole rings is 1. The van der Waals surface area contributed by atoms with Crippen molar-refractivity contribution in [1.82, 2.24) is 29.6 Å². The molecule has 5 heterocycles. The molecule has 1 aliphatic carbocycles. The van der Waals surface area contributed by atoms with Gasteiger partial charge in [0.1, 0.15) is 5.82 Å². The fraction of sp³-hybridized carbons (Fsp3) is 0.440. The van der Waals surface area contributed by atoms with E-state index in [0.717, 1.165) is 74.7 Å². The first-order valence-electron chi connectivity index (χ1n) is 12.5. The average molecular weight is 523 g/mol. The molecule has 9 nitrogen and oxygen atoms in total. The Morgan fingerprint density at radius 2 is 2.03 bits per heavy atom. The van der Waals surface area contributed by atoms with Crippen molar-refractivity contribution in [3.05, 3.63) is 52.4 Å². The summed E-state index contributed by atoms with van der Waals surface area (Å²) in [5.41, 5.74) is 3.62. The maximum atomic E-state index is 13.7. The van der Waals surface area contributed by atoms with Crippen LogP contribution in [0.4, 0.5) is 17.5 Å². The zero-order valence-corrected chi connectivity index (χ0v) is 21.3. The molecular formula is C25H27ClN8OS. The minimum Gasteiger partial charge on any atom is -0.351 e. The molecule has 4 aliphatic rings. The van der Waals surface area contributed by atoms with E-state index in [4.69, 9.17) is 16.6 Å². The van der Waals surface area contributed by atoms with Crippen LogP contribution in [-0.4, -0.2) is 55.8 Å². The second kappa shape index (κ2) is 8.72. The van der Waals surface area contributed by atoms with Gasteiger partial charge in [0, 0.05) is 49.8 Å². The number of H-pyrrole nitrogens is 1. The van der Waals surface area contributed by atoms with Gasteiger partial charge in [-0.25, -0.2) is 14.3 Å². The summed E-state index contributed by atoms with van der Waals surface area (Å²) in [6, 6.07) is 4.36. The molecule has 3 N–H and O–H groups in total. The summed E-state index contributed by atoms with van der Waals surface area (Å²) in [7, 11) is 0. The summed E-state index contributed by atoms with van der Waals surface area (Å²) in [5, 5.41) is 8.42. The molecule has 1 saturated heterocycles. The number of nitrogens with zero attached hydrogens (tertiary/aromatic N) is 5. The number of benzene rings is 1. The summed E-state index contributed by atoms with van der Waals surface area (Å²) < 4.78 is 2.32. The van der Waals surface area contributed by atoms with Gasteiger partial charge < -0.3 is 15.6 Å². The van der Waals surface area contributed by atoms with E-state index in [1.54, 1.807) is 23.0 Å². The predicted molar refractivity (Wildman–Crippen MR) is 140 cm³/mol. The van der Waals surface area contributed by atoms with E-state index in [0.29, 0.717) is 16.8 Å². The number of hydrogen-bond donors (Lipinski definition) is 3. The molecular weight excluding hydrogens is 496 g/mol. The third-order valence-electron chi connectivity index (χ3n) is 7.73. The molecule has 7 rings (SSSR count). The van der Waals surface area contributed by atoms with E-state index < -0.39 is 5.41 Å². The normalized spacial score (nSPS) is 21.0. The number of hydrogen-bond acceptors (Lipinski definition) is 8. The van der Waals surface area contributed by atoms with Gasteiger partial charge >= 0.3 is 0 Å². The lowest BCUT2D eigenvalue weighted by molar-refractivity contribution is -0.119. The van der Waals surface area contributed by atoms with Gasteiger partial charge in [0.25, 0.3) is 0 Å². The first kappa shape index (κ1) is 22.5. The molecule has 2 fully saturated rings. The maximum Gasteiger partial charge on any atom is 0.243 e.